The first-order chi connectivity index (χ1) is 12.7. The lowest BCUT2D eigenvalue weighted by Crippen LogP contribution is -2.03. The van der Waals surface area contributed by atoms with Gasteiger partial charge in [-0.3, -0.25) is 0 Å². The van der Waals surface area contributed by atoms with E-state index in [9.17, 15) is 4.79 Å². The van der Waals surface area contributed by atoms with Crippen molar-refractivity contribution in [2.24, 2.45) is 0 Å². The van der Waals surface area contributed by atoms with Gasteiger partial charge in [0.05, 0.1) is 14.2 Å². The molecule has 4 rings (SSSR count). The zero-order valence-electron chi connectivity index (χ0n) is 14.1. The van der Waals surface area contributed by atoms with Gasteiger partial charge in [0.2, 0.25) is 5.82 Å². The highest BCUT2D eigenvalue weighted by molar-refractivity contribution is 5.81. The van der Waals surface area contributed by atoms with Gasteiger partial charge in [0.1, 0.15) is 22.6 Å². The molecule has 0 bridgehead atoms. The molecule has 0 radical (unpaired) electrons. The Hall–Kier alpha value is -3.61. The Kier molecular flexibility index (Phi) is 3.89. The number of ether oxygens (including phenoxy) is 2. The van der Waals surface area contributed by atoms with Gasteiger partial charge < -0.3 is 18.4 Å². The third-order valence-corrected chi connectivity index (χ3v) is 3.95. The molecule has 0 unspecified atom stereocenters. The Bertz CT molecular complexity index is 1130. The van der Waals surface area contributed by atoms with Gasteiger partial charge in [0.15, 0.2) is 0 Å². The number of aromatic nitrogens is 2. The molecule has 26 heavy (non-hydrogen) atoms. The second-order valence-electron chi connectivity index (χ2n) is 5.50. The molecule has 7 nitrogen and oxygen atoms in total. The fourth-order valence-electron chi connectivity index (χ4n) is 2.56. The highest BCUT2D eigenvalue weighted by Gasteiger charge is 2.16. The van der Waals surface area contributed by atoms with E-state index in [1.165, 1.54) is 0 Å². The first kappa shape index (κ1) is 15.9. The lowest BCUT2D eigenvalue weighted by atomic mass is 10.1. The molecule has 0 N–H and O–H groups in total. The van der Waals surface area contributed by atoms with Gasteiger partial charge in [0, 0.05) is 17.0 Å². The van der Waals surface area contributed by atoms with E-state index in [0.717, 1.165) is 16.7 Å². The monoisotopic (exact) mass is 350 g/mol. The second kappa shape index (κ2) is 6.36. The van der Waals surface area contributed by atoms with Crippen molar-refractivity contribution >= 4 is 11.0 Å². The smallest absolute Gasteiger partial charge is 0.349 e. The normalized spacial score (nSPS) is 10.8. The average Bonchev–Trinajstić information content (AvgIpc) is 3.17. The van der Waals surface area contributed by atoms with Crippen molar-refractivity contribution in [1.82, 2.24) is 10.1 Å². The number of methoxy groups -OCH3 is 2. The van der Waals surface area contributed by atoms with E-state index in [4.69, 9.17) is 18.4 Å². The van der Waals surface area contributed by atoms with Crippen LogP contribution >= 0.6 is 0 Å². The molecule has 0 atom stereocenters. The molecule has 4 aromatic rings. The van der Waals surface area contributed by atoms with E-state index in [2.05, 4.69) is 10.1 Å². The molecule has 0 aliphatic heterocycles. The molecule has 0 amide bonds. The molecule has 0 aliphatic rings. The topological polar surface area (TPSA) is 87.6 Å². The Morgan fingerprint density at radius 2 is 1.65 bits per heavy atom. The summed E-state index contributed by atoms with van der Waals surface area (Å²) in [5, 5.41) is 4.67. The van der Waals surface area contributed by atoms with Gasteiger partial charge in [-0.05, 0) is 42.5 Å². The lowest BCUT2D eigenvalue weighted by Gasteiger charge is -2.02. The predicted octanol–water partition coefficient (Wildman–Crippen LogP) is 3.53. The fourth-order valence-corrected chi connectivity index (χ4v) is 2.56. The molecule has 7 heteroatoms. The van der Waals surface area contributed by atoms with E-state index in [0.29, 0.717) is 17.2 Å². The average molecular weight is 350 g/mol. The minimum absolute atomic E-state index is 0.0993. The van der Waals surface area contributed by atoms with Crippen molar-refractivity contribution < 1.29 is 18.4 Å². The van der Waals surface area contributed by atoms with Crippen LogP contribution in [0.4, 0.5) is 0 Å². The molecule has 0 saturated carbocycles. The summed E-state index contributed by atoms with van der Waals surface area (Å²) >= 11 is 0. The predicted molar refractivity (Wildman–Crippen MR) is 94.3 cm³/mol. The van der Waals surface area contributed by atoms with E-state index in [-0.39, 0.29) is 11.5 Å². The Morgan fingerprint density at radius 1 is 0.923 bits per heavy atom. The number of rotatable bonds is 4. The molecule has 2 heterocycles. The van der Waals surface area contributed by atoms with Gasteiger partial charge in [-0.1, -0.05) is 5.16 Å². The van der Waals surface area contributed by atoms with Crippen molar-refractivity contribution in [3.8, 4) is 34.3 Å². The SMILES string of the molecule is COc1ccc(-c2noc(-c3cc4ccc(OC)cc4oc3=O)n2)cc1. The minimum Gasteiger partial charge on any atom is -0.497 e. The summed E-state index contributed by atoms with van der Waals surface area (Å²) < 4.78 is 20.9. The summed E-state index contributed by atoms with van der Waals surface area (Å²) in [7, 11) is 3.14. The Balaban J connectivity index is 1.74. The van der Waals surface area contributed by atoms with Gasteiger partial charge in [0.25, 0.3) is 5.89 Å². The maximum Gasteiger partial charge on any atom is 0.349 e. The number of hydrogen-bond donors (Lipinski definition) is 0. The fraction of sp³-hybridized carbons (Fsp3) is 0.105. The summed E-state index contributed by atoms with van der Waals surface area (Å²) in [5.74, 6) is 1.80. The van der Waals surface area contributed by atoms with Crippen molar-refractivity contribution in [3.63, 3.8) is 0 Å². The molecule has 2 aromatic heterocycles. The molecule has 2 aromatic carbocycles. The summed E-state index contributed by atoms with van der Waals surface area (Å²) in [6, 6.07) is 14.1. The van der Waals surface area contributed by atoms with Gasteiger partial charge in [-0.15, -0.1) is 0 Å². The molecular weight excluding hydrogens is 336 g/mol. The standard InChI is InChI=1S/C19H14N2O5/c1-23-13-6-3-11(4-7-13)17-20-18(26-21-17)15-9-12-5-8-14(24-2)10-16(12)25-19(15)22/h3-10H,1-2H3. The van der Waals surface area contributed by atoms with Crippen molar-refractivity contribution in [2.75, 3.05) is 14.2 Å². The van der Waals surface area contributed by atoms with Crippen molar-refractivity contribution in [3.05, 3.63) is 59.0 Å². The van der Waals surface area contributed by atoms with Gasteiger partial charge in [-0.25, -0.2) is 4.79 Å². The molecular formula is C19H14N2O5. The molecule has 0 spiro atoms. The molecule has 0 saturated heterocycles. The van der Waals surface area contributed by atoms with Crippen LogP contribution in [0.5, 0.6) is 11.5 Å². The highest BCUT2D eigenvalue weighted by atomic mass is 16.5. The number of nitrogens with zero attached hydrogens (tertiary/aromatic N) is 2. The first-order valence-electron chi connectivity index (χ1n) is 7.78. The van der Waals surface area contributed by atoms with Crippen LogP contribution in [0.3, 0.4) is 0 Å². The zero-order chi connectivity index (χ0) is 18.1. The van der Waals surface area contributed by atoms with E-state index >= 15 is 0 Å². The molecule has 130 valence electrons. The van der Waals surface area contributed by atoms with Crippen LogP contribution in [0.15, 0.2) is 62.3 Å². The quantitative estimate of drug-likeness (QED) is 0.520. The van der Waals surface area contributed by atoms with Crippen LogP contribution in [0.1, 0.15) is 0 Å². The van der Waals surface area contributed by atoms with Crippen LogP contribution in [0.2, 0.25) is 0 Å². The zero-order valence-corrected chi connectivity index (χ0v) is 14.1. The third-order valence-electron chi connectivity index (χ3n) is 3.95. The number of fused-ring (bicyclic) bond motifs is 1. The second-order valence-corrected chi connectivity index (χ2v) is 5.50. The maximum absolute atomic E-state index is 12.3. The third kappa shape index (κ3) is 2.79. The van der Waals surface area contributed by atoms with Gasteiger partial charge in [-0.2, -0.15) is 4.98 Å². The lowest BCUT2D eigenvalue weighted by molar-refractivity contribution is 0.413. The molecule has 0 aliphatic carbocycles. The van der Waals surface area contributed by atoms with Crippen LogP contribution in [0, 0.1) is 0 Å². The van der Waals surface area contributed by atoms with Crippen LogP contribution in [-0.2, 0) is 0 Å². The summed E-state index contributed by atoms with van der Waals surface area (Å²) in [6.07, 6.45) is 0. The van der Waals surface area contributed by atoms with E-state index in [1.807, 2.05) is 12.1 Å². The van der Waals surface area contributed by atoms with E-state index < -0.39 is 5.63 Å². The number of hydrogen-bond acceptors (Lipinski definition) is 7. The summed E-state index contributed by atoms with van der Waals surface area (Å²) in [6.45, 7) is 0. The Labute approximate surface area is 147 Å². The first-order valence-corrected chi connectivity index (χ1v) is 7.78. The van der Waals surface area contributed by atoms with Crippen LogP contribution in [-0.4, -0.2) is 24.4 Å². The van der Waals surface area contributed by atoms with Crippen LogP contribution < -0.4 is 15.1 Å². The summed E-state index contributed by atoms with van der Waals surface area (Å²) in [5.41, 5.74) is 0.814. The minimum atomic E-state index is -0.560. The summed E-state index contributed by atoms with van der Waals surface area (Å²) in [4.78, 5) is 16.6. The highest BCUT2D eigenvalue weighted by Crippen LogP contribution is 2.26. The van der Waals surface area contributed by atoms with Crippen molar-refractivity contribution in [2.45, 2.75) is 0 Å². The van der Waals surface area contributed by atoms with E-state index in [1.54, 1.807) is 50.6 Å². The van der Waals surface area contributed by atoms with Crippen molar-refractivity contribution in [1.29, 1.82) is 0 Å². The Morgan fingerprint density at radius 3 is 2.38 bits per heavy atom. The largest absolute Gasteiger partial charge is 0.497 e. The maximum atomic E-state index is 12.3. The van der Waals surface area contributed by atoms with Crippen LogP contribution in [0.25, 0.3) is 33.8 Å². The number of benzene rings is 2. The van der Waals surface area contributed by atoms with Gasteiger partial charge >= 0.3 is 5.63 Å². The molecule has 0 fully saturated rings.